The topological polar surface area (TPSA) is 81.9 Å². The first-order chi connectivity index (χ1) is 9.16. The van der Waals surface area contributed by atoms with E-state index in [-0.39, 0.29) is 11.3 Å². The molecule has 5 heteroatoms. The molecular formula is C14H12N2O3. The van der Waals surface area contributed by atoms with Gasteiger partial charge in [0.1, 0.15) is 5.75 Å². The molecule has 5 nitrogen and oxygen atoms in total. The first-order valence-corrected chi connectivity index (χ1v) is 5.57. The minimum atomic E-state index is -0.992. The van der Waals surface area contributed by atoms with E-state index in [2.05, 4.69) is 10.5 Å². The molecule has 2 rings (SSSR count). The third-order valence-corrected chi connectivity index (χ3v) is 2.44. The number of nitrogens with zero attached hydrogens (tertiary/aromatic N) is 1. The van der Waals surface area contributed by atoms with E-state index in [0.717, 1.165) is 0 Å². The summed E-state index contributed by atoms with van der Waals surface area (Å²) in [6, 6.07) is 13.1. The van der Waals surface area contributed by atoms with E-state index >= 15 is 0 Å². The highest BCUT2D eigenvalue weighted by Gasteiger charge is 2.02. The Labute approximate surface area is 109 Å². The van der Waals surface area contributed by atoms with Crippen LogP contribution in [0.2, 0.25) is 0 Å². The van der Waals surface area contributed by atoms with Crippen LogP contribution in [-0.4, -0.2) is 22.4 Å². The van der Waals surface area contributed by atoms with Gasteiger partial charge in [-0.3, -0.25) is 5.43 Å². The molecule has 3 N–H and O–H groups in total. The van der Waals surface area contributed by atoms with E-state index in [1.165, 1.54) is 18.3 Å². The second-order valence-corrected chi connectivity index (χ2v) is 3.81. The summed E-state index contributed by atoms with van der Waals surface area (Å²) in [5.41, 5.74) is 4.03. The summed E-state index contributed by atoms with van der Waals surface area (Å²) in [5, 5.41) is 22.3. The van der Waals surface area contributed by atoms with Crippen molar-refractivity contribution in [2.24, 2.45) is 5.10 Å². The molecule has 0 radical (unpaired) electrons. The maximum absolute atomic E-state index is 10.8. The average Bonchev–Trinajstić information content (AvgIpc) is 2.41. The molecular weight excluding hydrogens is 244 g/mol. The van der Waals surface area contributed by atoms with Gasteiger partial charge in [-0.25, -0.2) is 4.79 Å². The smallest absolute Gasteiger partial charge is 0.335 e. The van der Waals surface area contributed by atoms with Crippen molar-refractivity contribution in [3.8, 4) is 5.75 Å². The fraction of sp³-hybridized carbons (Fsp3) is 0. The number of carboxylic acid groups (broad SMARTS) is 1. The number of hydrazone groups is 1. The van der Waals surface area contributed by atoms with Crippen molar-refractivity contribution in [1.82, 2.24) is 0 Å². The number of para-hydroxylation sites is 1. The number of benzene rings is 2. The number of hydrogen-bond donors (Lipinski definition) is 3. The number of phenolic OH excluding ortho intramolecular Hbond substituents is 1. The van der Waals surface area contributed by atoms with Crippen molar-refractivity contribution in [3.05, 3.63) is 59.7 Å². The van der Waals surface area contributed by atoms with Gasteiger partial charge in [-0.2, -0.15) is 5.10 Å². The van der Waals surface area contributed by atoms with Crippen molar-refractivity contribution >= 4 is 17.9 Å². The molecule has 2 aromatic rings. The van der Waals surface area contributed by atoms with Crippen LogP contribution >= 0.6 is 0 Å². The summed E-state index contributed by atoms with van der Waals surface area (Å²) >= 11 is 0. The van der Waals surface area contributed by atoms with Gasteiger partial charge in [0, 0.05) is 5.56 Å². The molecule has 0 aliphatic carbocycles. The van der Waals surface area contributed by atoms with Crippen molar-refractivity contribution < 1.29 is 15.0 Å². The van der Waals surface area contributed by atoms with Gasteiger partial charge >= 0.3 is 5.97 Å². The normalized spacial score (nSPS) is 10.5. The summed E-state index contributed by atoms with van der Waals surface area (Å²) in [4.78, 5) is 10.8. The van der Waals surface area contributed by atoms with Gasteiger partial charge in [-0.15, -0.1) is 0 Å². The number of carbonyl (C=O) groups is 1. The molecule has 0 atom stereocenters. The van der Waals surface area contributed by atoms with Gasteiger partial charge in [-0.05, 0) is 30.3 Å². The third kappa shape index (κ3) is 3.32. The number of aromatic hydroxyl groups is 1. The number of carboxylic acids is 1. The van der Waals surface area contributed by atoms with Crippen LogP contribution < -0.4 is 5.43 Å². The first kappa shape index (κ1) is 12.6. The predicted molar refractivity (Wildman–Crippen MR) is 72.7 cm³/mol. The van der Waals surface area contributed by atoms with Crippen LogP contribution in [0.5, 0.6) is 5.75 Å². The molecule has 0 spiro atoms. The summed E-state index contributed by atoms with van der Waals surface area (Å²) in [7, 11) is 0. The Bertz CT molecular complexity index is 624. The zero-order valence-electron chi connectivity index (χ0n) is 9.95. The lowest BCUT2D eigenvalue weighted by atomic mass is 10.2. The van der Waals surface area contributed by atoms with Gasteiger partial charge in [0.15, 0.2) is 0 Å². The molecule has 0 bridgehead atoms. The van der Waals surface area contributed by atoms with Gasteiger partial charge in [0.2, 0.25) is 0 Å². The number of phenols is 1. The molecule has 0 aliphatic rings. The van der Waals surface area contributed by atoms with Crippen LogP contribution in [0.3, 0.4) is 0 Å². The highest BCUT2D eigenvalue weighted by molar-refractivity contribution is 5.89. The van der Waals surface area contributed by atoms with E-state index in [0.29, 0.717) is 11.3 Å². The minimum Gasteiger partial charge on any atom is -0.507 e. The molecule has 96 valence electrons. The molecule has 0 saturated carbocycles. The molecule has 19 heavy (non-hydrogen) atoms. The summed E-state index contributed by atoms with van der Waals surface area (Å²) in [5.74, 6) is -0.860. The lowest BCUT2D eigenvalue weighted by Gasteiger charge is -2.02. The number of aromatic carboxylic acids is 1. The van der Waals surface area contributed by atoms with E-state index < -0.39 is 5.97 Å². The minimum absolute atomic E-state index is 0.132. The zero-order valence-corrected chi connectivity index (χ0v) is 9.95. The fourth-order valence-corrected chi connectivity index (χ4v) is 1.49. The summed E-state index contributed by atoms with van der Waals surface area (Å²) in [6.07, 6.45) is 1.46. The molecule has 0 fully saturated rings. The average molecular weight is 256 g/mol. The van der Waals surface area contributed by atoms with Gasteiger partial charge in [-0.1, -0.05) is 18.2 Å². The second-order valence-electron chi connectivity index (χ2n) is 3.81. The van der Waals surface area contributed by atoms with Crippen LogP contribution in [0.4, 0.5) is 5.69 Å². The largest absolute Gasteiger partial charge is 0.507 e. The zero-order chi connectivity index (χ0) is 13.7. The van der Waals surface area contributed by atoms with Gasteiger partial charge in [0.05, 0.1) is 17.5 Å². The van der Waals surface area contributed by atoms with E-state index in [1.54, 1.807) is 36.4 Å². The molecule has 0 unspecified atom stereocenters. The lowest BCUT2D eigenvalue weighted by Crippen LogP contribution is -1.97. The van der Waals surface area contributed by atoms with Crippen LogP contribution in [0, 0.1) is 0 Å². The maximum Gasteiger partial charge on any atom is 0.335 e. The highest BCUT2D eigenvalue weighted by Crippen LogP contribution is 2.14. The molecule has 0 amide bonds. The van der Waals surface area contributed by atoms with Crippen LogP contribution in [0.25, 0.3) is 0 Å². The number of nitrogens with one attached hydrogen (secondary N) is 1. The molecule has 0 heterocycles. The Balaban J connectivity index is 2.09. The first-order valence-electron chi connectivity index (χ1n) is 5.57. The van der Waals surface area contributed by atoms with Gasteiger partial charge < -0.3 is 10.2 Å². The van der Waals surface area contributed by atoms with Crippen molar-refractivity contribution in [2.75, 3.05) is 5.43 Å². The van der Waals surface area contributed by atoms with Crippen molar-refractivity contribution in [2.45, 2.75) is 0 Å². The maximum atomic E-state index is 10.8. The van der Waals surface area contributed by atoms with E-state index in [1.807, 2.05) is 0 Å². The van der Waals surface area contributed by atoms with Crippen LogP contribution in [-0.2, 0) is 0 Å². The number of anilines is 1. The summed E-state index contributed by atoms with van der Waals surface area (Å²) in [6.45, 7) is 0. The Kier molecular flexibility index (Phi) is 3.78. The molecule has 0 aliphatic heterocycles. The number of hydrogen-bond acceptors (Lipinski definition) is 4. The lowest BCUT2D eigenvalue weighted by molar-refractivity contribution is 0.0697. The third-order valence-electron chi connectivity index (χ3n) is 2.44. The molecule has 0 aromatic heterocycles. The molecule has 0 saturated heterocycles. The monoisotopic (exact) mass is 256 g/mol. The van der Waals surface area contributed by atoms with Crippen molar-refractivity contribution in [1.29, 1.82) is 0 Å². The number of rotatable bonds is 4. The SMILES string of the molecule is O=C(O)c1cccc(N/N=C/c2ccccc2O)c1. The van der Waals surface area contributed by atoms with Gasteiger partial charge in [0.25, 0.3) is 0 Å². The van der Waals surface area contributed by atoms with Crippen LogP contribution in [0.1, 0.15) is 15.9 Å². The Hall–Kier alpha value is -2.82. The highest BCUT2D eigenvalue weighted by atomic mass is 16.4. The summed E-state index contributed by atoms with van der Waals surface area (Å²) < 4.78 is 0. The second kappa shape index (κ2) is 5.68. The fourth-order valence-electron chi connectivity index (χ4n) is 1.49. The predicted octanol–water partition coefficient (Wildman–Crippen LogP) is 2.54. The van der Waals surface area contributed by atoms with Crippen molar-refractivity contribution in [3.63, 3.8) is 0 Å². The Morgan fingerprint density at radius 1 is 1.16 bits per heavy atom. The quantitative estimate of drug-likeness (QED) is 0.580. The standard InChI is InChI=1S/C14H12N2O3/c17-13-7-2-1-4-11(13)9-15-16-12-6-3-5-10(8-12)14(18)19/h1-9,16-17H,(H,18,19)/b15-9+. The Morgan fingerprint density at radius 2 is 1.95 bits per heavy atom. The molecule has 2 aromatic carbocycles. The Morgan fingerprint density at radius 3 is 2.68 bits per heavy atom. The van der Waals surface area contributed by atoms with Crippen LogP contribution in [0.15, 0.2) is 53.6 Å². The van der Waals surface area contributed by atoms with E-state index in [4.69, 9.17) is 5.11 Å². The van der Waals surface area contributed by atoms with E-state index in [9.17, 15) is 9.90 Å².